The topological polar surface area (TPSA) is 80.8 Å². The van der Waals surface area contributed by atoms with E-state index in [1.165, 1.54) is 4.90 Å². The number of amides is 2. The fraction of sp³-hybridized carbons (Fsp3) is 0.222. The van der Waals surface area contributed by atoms with Crippen molar-refractivity contribution in [2.45, 2.75) is 33.4 Å². The van der Waals surface area contributed by atoms with Crippen molar-refractivity contribution in [3.8, 4) is 11.5 Å². The molecule has 3 aromatic rings. The number of rotatable bonds is 9. The predicted octanol–water partition coefficient (Wildman–Crippen LogP) is 4.66. The van der Waals surface area contributed by atoms with E-state index >= 15 is 0 Å². The summed E-state index contributed by atoms with van der Waals surface area (Å²) in [6, 6.07) is 18.1. The Bertz CT molecular complexity index is 1200. The summed E-state index contributed by atoms with van der Waals surface area (Å²) in [6.07, 6.45) is 3.33. The molecule has 7 heteroatoms. The maximum atomic E-state index is 13.5. The Morgan fingerprint density at radius 2 is 1.76 bits per heavy atom. The van der Waals surface area contributed by atoms with Crippen molar-refractivity contribution in [2.24, 2.45) is 0 Å². The summed E-state index contributed by atoms with van der Waals surface area (Å²) in [6.45, 7) is 6.46. The second-order valence-electron chi connectivity index (χ2n) is 8.08. The SMILES string of the molecule is CCOc1cccc(NC2=C(c3ccc(OC(C)C)cc3)C(=O)N(Cc3cccnc3)C2=O)c1. The molecule has 0 bridgehead atoms. The van der Waals surface area contributed by atoms with Crippen molar-refractivity contribution < 1.29 is 19.1 Å². The van der Waals surface area contributed by atoms with Crippen molar-refractivity contribution in [1.82, 2.24) is 9.88 Å². The molecule has 2 aromatic carbocycles. The summed E-state index contributed by atoms with van der Waals surface area (Å²) >= 11 is 0. The van der Waals surface area contributed by atoms with Crippen molar-refractivity contribution in [3.63, 3.8) is 0 Å². The van der Waals surface area contributed by atoms with Crippen LogP contribution in [0, 0.1) is 0 Å². The molecule has 0 saturated heterocycles. The summed E-state index contributed by atoms with van der Waals surface area (Å²) in [5.41, 5.74) is 2.59. The molecule has 1 aliphatic heterocycles. The third kappa shape index (κ3) is 5.09. The lowest BCUT2D eigenvalue weighted by molar-refractivity contribution is -0.137. The zero-order chi connectivity index (χ0) is 24.1. The minimum atomic E-state index is -0.395. The molecule has 0 saturated carbocycles. The number of hydrogen-bond donors (Lipinski definition) is 1. The lowest BCUT2D eigenvalue weighted by Crippen LogP contribution is -2.32. The number of aromatic nitrogens is 1. The van der Waals surface area contributed by atoms with Gasteiger partial charge in [-0.15, -0.1) is 0 Å². The fourth-order valence-corrected chi connectivity index (χ4v) is 3.72. The van der Waals surface area contributed by atoms with E-state index in [0.29, 0.717) is 34.9 Å². The first-order chi connectivity index (χ1) is 16.5. The number of ether oxygens (including phenoxy) is 2. The second kappa shape index (κ2) is 10.2. The summed E-state index contributed by atoms with van der Waals surface area (Å²) < 4.78 is 11.3. The van der Waals surface area contributed by atoms with E-state index in [2.05, 4.69) is 10.3 Å². The number of nitrogens with one attached hydrogen (secondary N) is 1. The highest BCUT2D eigenvalue weighted by Gasteiger charge is 2.39. The zero-order valence-electron chi connectivity index (χ0n) is 19.4. The number of hydrogen-bond acceptors (Lipinski definition) is 6. The molecule has 1 aromatic heterocycles. The predicted molar refractivity (Wildman–Crippen MR) is 130 cm³/mol. The van der Waals surface area contributed by atoms with E-state index in [0.717, 1.165) is 5.56 Å². The van der Waals surface area contributed by atoms with Crippen LogP contribution < -0.4 is 14.8 Å². The molecular weight excluding hydrogens is 430 g/mol. The average molecular weight is 458 g/mol. The van der Waals surface area contributed by atoms with Gasteiger partial charge in [-0.3, -0.25) is 19.5 Å². The van der Waals surface area contributed by atoms with Gasteiger partial charge in [-0.1, -0.05) is 24.3 Å². The second-order valence-corrected chi connectivity index (χ2v) is 8.08. The van der Waals surface area contributed by atoms with Gasteiger partial charge in [0.05, 0.1) is 24.8 Å². The number of anilines is 1. The van der Waals surface area contributed by atoms with Gasteiger partial charge in [0.1, 0.15) is 17.2 Å². The summed E-state index contributed by atoms with van der Waals surface area (Å²) in [5, 5.41) is 3.17. The molecule has 0 unspecified atom stereocenters. The van der Waals surface area contributed by atoms with Crippen LogP contribution in [0.2, 0.25) is 0 Å². The van der Waals surface area contributed by atoms with E-state index in [-0.39, 0.29) is 24.3 Å². The third-order valence-corrected chi connectivity index (χ3v) is 5.16. The molecular formula is C27H27N3O4. The van der Waals surface area contributed by atoms with Crippen LogP contribution in [-0.4, -0.2) is 34.4 Å². The molecule has 1 N–H and O–H groups in total. The number of nitrogens with zero attached hydrogens (tertiary/aromatic N) is 2. The van der Waals surface area contributed by atoms with E-state index in [4.69, 9.17) is 9.47 Å². The van der Waals surface area contributed by atoms with Crippen LogP contribution in [0.4, 0.5) is 5.69 Å². The maximum absolute atomic E-state index is 13.5. The Labute approximate surface area is 199 Å². The number of pyridine rings is 1. The first-order valence-corrected chi connectivity index (χ1v) is 11.2. The Morgan fingerprint density at radius 3 is 2.44 bits per heavy atom. The lowest BCUT2D eigenvalue weighted by Gasteiger charge is -2.15. The Balaban J connectivity index is 1.71. The van der Waals surface area contributed by atoms with Crippen molar-refractivity contribution in [2.75, 3.05) is 11.9 Å². The van der Waals surface area contributed by atoms with Crippen LogP contribution in [0.15, 0.2) is 78.8 Å². The van der Waals surface area contributed by atoms with Crippen molar-refractivity contribution in [1.29, 1.82) is 0 Å². The first kappa shape index (κ1) is 23.0. The van der Waals surface area contributed by atoms with Crippen LogP contribution in [0.1, 0.15) is 31.9 Å². The van der Waals surface area contributed by atoms with Gasteiger partial charge in [0.25, 0.3) is 11.8 Å². The lowest BCUT2D eigenvalue weighted by atomic mass is 10.0. The van der Waals surface area contributed by atoms with Crippen LogP contribution in [0.3, 0.4) is 0 Å². The number of imide groups is 1. The molecule has 2 amide bonds. The highest BCUT2D eigenvalue weighted by Crippen LogP contribution is 2.33. The molecule has 34 heavy (non-hydrogen) atoms. The summed E-state index contributed by atoms with van der Waals surface area (Å²) in [7, 11) is 0. The highest BCUT2D eigenvalue weighted by molar-refractivity contribution is 6.36. The standard InChI is InChI=1S/C27H27N3O4/c1-4-33-23-9-5-8-21(15-23)29-25-24(20-10-12-22(13-11-20)34-18(2)3)26(31)30(27(25)32)17-19-7-6-14-28-16-19/h5-16,18,29H,4,17H2,1-3H3. The number of benzene rings is 2. The van der Waals surface area contributed by atoms with Gasteiger partial charge in [-0.05, 0) is 62.2 Å². The molecule has 0 atom stereocenters. The number of carbonyl (C=O) groups excluding carboxylic acids is 2. The van der Waals surface area contributed by atoms with Gasteiger partial charge in [-0.2, -0.15) is 0 Å². The smallest absolute Gasteiger partial charge is 0.278 e. The van der Waals surface area contributed by atoms with Gasteiger partial charge < -0.3 is 14.8 Å². The maximum Gasteiger partial charge on any atom is 0.278 e. The van der Waals surface area contributed by atoms with Gasteiger partial charge in [-0.25, -0.2) is 0 Å². The van der Waals surface area contributed by atoms with Gasteiger partial charge >= 0.3 is 0 Å². The van der Waals surface area contributed by atoms with Crippen LogP contribution in [0.5, 0.6) is 11.5 Å². The van der Waals surface area contributed by atoms with E-state index < -0.39 is 5.91 Å². The van der Waals surface area contributed by atoms with Crippen molar-refractivity contribution in [3.05, 3.63) is 89.9 Å². The van der Waals surface area contributed by atoms with Crippen molar-refractivity contribution >= 4 is 23.1 Å². The van der Waals surface area contributed by atoms with Gasteiger partial charge in [0.2, 0.25) is 0 Å². The molecule has 0 fully saturated rings. The molecule has 2 heterocycles. The Kier molecular flexibility index (Phi) is 6.92. The van der Waals surface area contributed by atoms with Crippen LogP contribution >= 0.6 is 0 Å². The molecule has 4 rings (SSSR count). The molecule has 7 nitrogen and oxygen atoms in total. The van der Waals surface area contributed by atoms with Gasteiger partial charge in [0.15, 0.2) is 0 Å². The van der Waals surface area contributed by atoms with Crippen LogP contribution in [-0.2, 0) is 16.1 Å². The third-order valence-electron chi connectivity index (χ3n) is 5.16. The van der Waals surface area contributed by atoms with E-state index in [1.54, 1.807) is 48.8 Å². The largest absolute Gasteiger partial charge is 0.494 e. The molecule has 0 spiro atoms. The normalized spacial score (nSPS) is 13.6. The van der Waals surface area contributed by atoms with Gasteiger partial charge in [0, 0.05) is 24.1 Å². The average Bonchev–Trinajstić information content (AvgIpc) is 3.05. The zero-order valence-corrected chi connectivity index (χ0v) is 19.4. The quantitative estimate of drug-likeness (QED) is 0.471. The molecule has 174 valence electrons. The van der Waals surface area contributed by atoms with Crippen LogP contribution in [0.25, 0.3) is 5.57 Å². The van der Waals surface area contributed by atoms with E-state index in [9.17, 15) is 9.59 Å². The molecule has 0 radical (unpaired) electrons. The number of carbonyl (C=O) groups is 2. The summed E-state index contributed by atoms with van der Waals surface area (Å²) in [4.78, 5) is 32.3. The minimum Gasteiger partial charge on any atom is -0.494 e. The Hall–Kier alpha value is -4.13. The fourth-order valence-electron chi connectivity index (χ4n) is 3.72. The monoisotopic (exact) mass is 457 g/mol. The minimum absolute atomic E-state index is 0.0320. The summed E-state index contributed by atoms with van der Waals surface area (Å²) in [5.74, 6) is 0.610. The Morgan fingerprint density at radius 1 is 0.971 bits per heavy atom. The van der Waals surface area contributed by atoms with E-state index in [1.807, 2.05) is 45.0 Å². The first-order valence-electron chi connectivity index (χ1n) is 11.2. The highest BCUT2D eigenvalue weighted by atomic mass is 16.5. The molecule has 1 aliphatic rings. The molecule has 0 aliphatic carbocycles.